The van der Waals surface area contributed by atoms with Crippen LogP contribution in [0.2, 0.25) is 0 Å². The Bertz CT molecular complexity index is 130. The van der Waals surface area contributed by atoms with Gasteiger partial charge in [-0.25, -0.2) is 0 Å². The zero-order valence-electron chi connectivity index (χ0n) is 8.83. The number of hydrogen-bond acceptors (Lipinski definition) is 2. The molecule has 1 rings (SSSR count). The first-order chi connectivity index (χ1) is 6.24. The predicted molar refractivity (Wildman–Crippen MR) is 53.7 cm³/mol. The molecule has 1 aliphatic rings. The van der Waals surface area contributed by atoms with Crippen LogP contribution in [-0.2, 0) is 4.74 Å². The van der Waals surface area contributed by atoms with Gasteiger partial charge in [0.1, 0.15) is 0 Å². The Labute approximate surface area is 81.3 Å². The van der Waals surface area contributed by atoms with Crippen molar-refractivity contribution in [2.24, 2.45) is 5.92 Å². The lowest BCUT2D eigenvalue weighted by Gasteiger charge is -2.19. The van der Waals surface area contributed by atoms with E-state index in [1.165, 1.54) is 25.7 Å². The minimum absolute atomic E-state index is 0.273. The fourth-order valence-electron chi connectivity index (χ4n) is 1.73. The third-order valence-corrected chi connectivity index (χ3v) is 3.11. The number of hydrogen-bond donors (Lipinski definition) is 1. The lowest BCUT2D eigenvalue weighted by Crippen LogP contribution is -2.25. The molecule has 1 fully saturated rings. The van der Waals surface area contributed by atoms with Gasteiger partial charge < -0.3 is 9.84 Å². The summed E-state index contributed by atoms with van der Waals surface area (Å²) in [5.41, 5.74) is 0. The van der Waals surface area contributed by atoms with E-state index in [1.54, 1.807) is 0 Å². The molecule has 0 aromatic heterocycles. The minimum Gasteiger partial charge on any atom is -0.390 e. The second-order valence-corrected chi connectivity index (χ2v) is 4.19. The van der Waals surface area contributed by atoms with Gasteiger partial charge in [-0.2, -0.15) is 0 Å². The SMILES string of the molecule is CCC(C)C(O)COC1CCCC1. The molecule has 1 aliphatic carbocycles. The standard InChI is InChI=1S/C11H22O2/c1-3-9(2)11(12)8-13-10-6-4-5-7-10/h9-12H,3-8H2,1-2H3. The van der Waals surface area contributed by atoms with Crippen LogP contribution in [0, 0.1) is 5.92 Å². The van der Waals surface area contributed by atoms with Gasteiger partial charge in [0.25, 0.3) is 0 Å². The van der Waals surface area contributed by atoms with Crippen molar-refractivity contribution >= 4 is 0 Å². The van der Waals surface area contributed by atoms with Crippen LogP contribution in [0.4, 0.5) is 0 Å². The summed E-state index contributed by atoms with van der Waals surface area (Å²) in [6, 6.07) is 0. The lowest BCUT2D eigenvalue weighted by atomic mass is 10.0. The molecule has 0 aromatic carbocycles. The van der Waals surface area contributed by atoms with Gasteiger partial charge in [0, 0.05) is 0 Å². The molecule has 78 valence electrons. The quantitative estimate of drug-likeness (QED) is 0.714. The van der Waals surface area contributed by atoms with Crippen molar-refractivity contribution in [3.05, 3.63) is 0 Å². The largest absolute Gasteiger partial charge is 0.390 e. The van der Waals surface area contributed by atoms with E-state index in [-0.39, 0.29) is 6.10 Å². The molecule has 1 N–H and O–H groups in total. The van der Waals surface area contributed by atoms with Crippen LogP contribution in [0.15, 0.2) is 0 Å². The second kappa shape index (κ2) is 5.61. The van der Waals surface area contributed by atoms with Gasteiger partial charge in [0.2, 0.25) is 0 Å². The maximum Gasteiger partial charge on any atom is 0.0799 e. The summed E-state index contributed by atoms with van der Waals surface area (Å²) in [5, 5.41) is 9.65. The van der Waals surface area contributed by atoms with Crippen molar-refractivity contribution in [2.45, 2.75) is 58.2 Å². The van der Waals surface area contributed by atoms with E-state index in [9.17, 15) is 5.11 Å². The fourth-order valence-corrected chi connectivity index (χ4v) is 1.73. The molecule has 0 bridgehead atoms. The number of rotatable bonds is 5. The minimum atomic E-state index is -0.273. The Hall–Kier alpha value is -0.0800. The highest BCUT2D eigenvalue weighted by molar-refractivity contribution is 4.69. The third kappa shape index (κ3) is 3.65. The average molecular weight is 186 g/mol. The van der Waals surface area contributed by atoms with Crippen molar-refractivity contribution in [1.29, 1.82) is 0 Å². The van der Waals surface area contributed by atoms with E-state index < -0.39 is 0 Å². The van der Waals surface area contributed by atoms with Gasteiger partial charge in [-0.15, -0.1) is 0 Å². The van der Waals surface area contributed by atoms with Crippen LogP contribution in [-0.4, -0.2) is 23.9 Å². The van der Waals surface area contributed by atoms with Crippen LogP contribution in [0.1, 0.15) is 46.0 Å². The summed E-state index contributed by atoms with van der Waals surface area (Å²) in [4.78, 5) is 0. The Kier molecular flexibility index (Phi) is 4.74. The number of aliphatic hydroxyl groups is 1. The summed E-state index contributed by atoms with van der Waals surface area (Å²) in [7, 11) is 0. The molecule has 0 aromatic rings. The first-order valence-electron chi connectivity index (χ1n) is 5.53. The molecule has 0 aliphatic heterocycles. The van der Waals surface area contributed by atoms with Gasteiger partial charge in [-0.3, -0.25) is 0 Å². The van der Waals surface area contributed by atoms with Crippen LogP contribution in [0.25, 0.3) is 0 Å². The molecule has 2 heteroatoms. The van der Waals surface area contributed by atoms with Crippen LogP contribution >= 0.6 is 0 Å². The van der Waals surface area contributed by atoms with E-state index in [1.807, 2.05) is 0 Å². The molecule has 0 spiro atoms. The van der Waals surface area contributed by atoms with Crippen LogP contribution in [0.5, 0.6) is 0 Å². The number of aliphatic hydroxyl groups excluding tert-OH is 1. The first kappa shape index (κ1) is 11.0. The van der Waals surface area contributed by atoms with E-state index in [4.69, 9.17) is 4.74 Å². The molecule has 0 radical (unpaired) electrons. The molecule has 2 unspecified atom stereocenters. The smallest absolute Gasteiger partial charge is 0.0799 e. The van der Waals surface area contributed by atoms with E-state index >= 15 is 0 Å². The first-order valence-corrected chi connectivity index (χ1v) is 5.53. The van der Waals surface area contributed by atoms with Crippen molar-refractivity contribution < 1.29 is 9.84 Å². The molecular weight excluding hydrogens is 164 g/mol. The Morgan fingerprint density at radius 2 is 2.00 bits per heavy atom. The molecule has 0 amide bonds. The molecular formula is C11H22O2. The van der Waals surface area contributed by atoms with Crippen molar-refractivity contribution in [3.63, 3.8) is 0 Å². The van der Waals surface area contributed by atoms with E-state index in [0.717, 1.165) is 6.42 Å². The summed E-state index contributed by atoms with van der Waals surface area (Å²) in [5.74, 6) is 0.362. The average Bonchev–Trinajstić information content (AvgIpc) is 2.65. The summed E-state index contributed by atoms with van der Waals surface area (Å²) in [6.45, 7) is 4.70. The van der Waals surface area contributed by atoms with Crippen LogP contribution < -0.4 is 0 Å². The number of ether oxygens (including phenoxy) is 1. The monoisotopic (exact) mass is 186 g/mol. The summed E-state index contributed by atoms with van der Waals surface area (Å²) in [6.07, 6.45) is 6.15. The van der Waals surface area contributed by atoms with E-state index in [0.29, 0.717) is 18.6 Å². The van der Waals surface area contributed by atoms with Crippen molar-refractivity contribution in [3.8, 4) is 0 Å². The van der Waals surface area contributed by atoms with Gasteiger partial charge >= 0.3 is 0 Å². The fraction of sp³-hybridized carbons (Fsp3) is 1.00. The lowest BCUT2D eigenvalue weighted by molar-refractivity contribution is -0.0262. The normalized spacial score (nSPS) is 23.3. The Morgan fingerprint density at radius 1 is 1.38 bits per heavy atom. The molecule has 13 heavy (non-hydrogen) atoms. The third-order valence-electron chi connectivity index (χ3n) is 3.11. The van der Waals surface area contributed by atoms with Gasteiger partial charge in [0.05, 0.1) is 18.8 Å². The summed E-state index contributed by atoms with van der Waals surface area (Å²) < 4.78 is 5.64. The van der Waals surface area contributed by atoms with Gasteiger partial charge in [-0.05, 0) is 18.8 Å². The summed E-state index contributed by atoms with van der Waals surface area (Å²) >= 11 is 0. The molecule has 1 saturated carbocycles. The highest BCUT2D eigenvalue weighted by Gasteiger charge is 2.18. The topological polar surface area (TPSA) is 29.5 Å². The van der Waals surface area contributed by atoms with Crippen molar-refractivity contribution in [2.75, 3.05) is 6.61 Å². The second-order valence-electron chi connectivity index (χ2n) is 4.19. The molecule has 2 nitrogen and oxygen atoms in total. The zero-order chi connectivity index (χ0) is 9.68. The Balaban J connectivity index is 2.10. The highest BCUT2D eigenvalue weighted by atomic mass is 16.5. The van der Waals surface area contributed by atoms with Gasteiger partial charge in [0.15, 0.2) is 0 Å². The highest BCUT2D eigenvalue weighted by Crippen LogP contribution is 2.21. The molecule has 0 heterocycles. The molecule has 2 atom stereocenters. The van der Waals surface area contributed by atoms with Crippen molar-refractivity contribution in [1.82, 2.24) is 0 Å². The maximum absolute atomic E-state index is 9.65. The predicted octanol–water partition coefficient (Wildman–Crippen LogP) is 2.35. The molecule has 0 saturated heterocycles. The zero-order valence-corrected chi connectivity index (χ0v) is 8.83. The maximum atomic E-state index is 9.65. The van der Waals surface area contributed by atoms with E-state index in [2.05, 4.69) is 13.8 Å². The van der Waals surface area contributed by atoms with Gasteiger partial charge in [-0.1, -0.05) is 33.1 Å². The Morgan fingerprint density at radius 3 is 2.54 bits per heavy atom. The van der Waals surface area contributed by atoms with Crippen LogP contribution in [0.3, 0.4) is 0 Å².